The van der Waals surface area contributed by atoms with E-state index in [4.69, 9.17) is 4.74 Å². The van der Waals surface area contributed by atoms with Crippen LogP contribution in [0, 0.1) is 11.8 Å². The summed E-state index contributed by atoms with van der Waals surface area (Å²) < 4.78 is 5.46. The van der Waals surface area contributed by atoms with Crippen molar-refractivity contribution in [3.8, 4) is 0 Å². The average Bonchev–Trinajstić information content (AvgIpc) is 3.24. The van der Waals surface area contributed by atoms with Crippen LogP contribution in [0.4, 0.5) is 4.79 Å². The van der Waals surface area contributed by atoms with Crippen molar-refractivity contribution in [2.45, 2.75) is 77.4 Å². The molecular formula is C24H40ClN5O5S. The van der Waals surface area contributed by atoms with Crippen LogP contribution in [0.1, 0.15) is 65.7 Å². The highest BCUT2D eigenvalue weighted by Crippen LogP contribution is 2.27. The van der Waals surface area contributed by atoms with Gasteiger partial charge in [-0.1, -0.05) is 31.0 Å². The van der Waals surface area contributed by atoms with Crippen LogP contribution < -0.4 is 10.7 Å². The lowest BCUT2D eigenvalue weighted by Gasteiger charge is -2.36. The molecule has 1 atom stereocenters. The number of carbonyl (C=O) groups excluding carboxylic acids is 4. The second-order valence-corrected chi connectivity index (χ2v) is 11.7. The SMILES string of the molecule is CN1CCS/C1=N\NC(=O)C(=O)C(NC(=O)C1CCCCC1)C1CCN(C(=O)OC(C)(C)C)CC1.Cl. The topological polar surface area (TPSA) is 120 Å². The van der Waals surface area contributed by atoms with E-state index in [0.717, 1.165) is 44.4 Å². The van der Waals surface area contributed by atoms with Gasteiger partial charge in [0.2, 0.25) is 11.7 Å². The Morgan fingerprint density at radius 3 is 2.22 bits per heavy atom. The first-order valence-electron chi connectivity index (χ1n) is 12.6. The maximum atomic E-state index is 13.2. The molecule has 36 heavy (non-hydrogen) atoms. The smallest absolute Gasteiger partial charge is 0.410 e. The quantitative estimate of drug-likeness (QED) is 0.389. The summed E-state index contributed by atoms with van der Waals surface area (Å²) in [6.07, 6.45) is 5.28. The molecular weight excluding hydrogens is 506 g/mol. The van der Waals surface area contributed by atoms with Gasteiger partial charge in [0, 0.05) is 38.4 Å². The van der Waals surface area contributed by atoms with Gasteiger partial charge in [0.25, 0.3) is 0 Å². The molecule has 10 nitrogen and oxygen atoms in total. The predicted octanol–water partition coefficient (Wildman–Crippen LogP) is 2.76. The van der Waals surface area contributed by atoms with Gasteiger partial charge in [-0.15, -0.1) is 17.5 Å². The Hall–Kier alpha value is -2.01. The summed E-state index contributed by atoms with van der Waals surface area (Å²) in [5.41, 5.74) is 1.79. The van der Waals surface area contributed by atoms with E-state index < -0.39 is 29.4 Å². The number of ether oxygens (including phenoxy) is 1. The van der Waals surface area contributed by atoms with Crippen LogP contribution in [0.2, 0.25) is 0 Å². The van der Waals surface area contributed by atoms with E-state index in [1.54, 1.807) is 4.90 Å². The fourth-order valence-electron chi connectivity index (χ4n) is 4.67. The number of thioether (sulfide) groups is 1. The number of likely N-dealkylation sites (tertiary alicyclic amines) is 1. The van der Waals surface area contributed by atoms with Crippen molar-refractivity contribution < 1.29 is 23.9 Å². The third-order valence-electron chi connectivity index (χ3n) is 6.68. The summed E-state index contributed by atoms with van der Waals surface area (Å²) in [6.45, 7) is 7.07. The third-order valence-corrected chi connectivity index (χ3v) is 7.73. The van der Waals surface area contributed by atoms with E-state index >= 15 is 0 Å². The van der Waals surface area contributed by atoms with Gasteiger partial charge in [0.15, 0.2) is 5.17 Å². The summed E-state index contributed by atoms with van der Waals surface area (Å²) in [4.78, 5) is 54.9. The van der Waals surface area contributed by atoms with Crippen molar-refractivity contribution in [3.05, 3.63) is 0 Å². The highest BCUT2D eigenvalue weighted by molar-refractivity contribution is 8.14. The zero-order chi connectivity index (χ0) is 25.6. The molecule has 204 valence electrons. The molecule has 1 saturated carbocycles. The van der Waals surface area contributed by atoms with Crippen LogP contribution in [0.15, 0.2) is 5.10 Å². The molecule has 0 bridgehead atoms. The first-order chi connectivity index (χ1) is 16.5. The van der Waals surface area contributed by atoms with Crippen LogP contribution in [0.3, 0.4) is 0 Å². The summed E-state index contributed by atoms with van der Waals surface area (Å²) >= 11 is 1.51. The lowest BCUT2D eigenvalue weighted by molar-refractivity contribution is -0.142. The average molecular weight is 546 g/mol. The van der Waals surface area contributed by atoms with Crippen molar-refractivity contribution in [1.29, 1.82) is 0 Å². The molecule has 3 aliphatic rings. The number of ketones is 1. The number of hydrogen-bond donors (Lipinski definition) is 2. The number of halogens is 1. The molecule has 2 heterocycles. The Morgan fingerprint density at radius 2 is 1.67 bits per heavy atom. The van der Waals surface area contributed by atoms with Gasteiger partial charge in [-0.25, -0.2) is 10.2 Å². The second-order valence-electron chi connectivity index (χ2n) is 10.6. The molecule has 3 rings (SSSR count). The molecule has 2 saturated heterocycles. The number of Topliss-reactive ketones (excluding diaryl/α,β-unsaturated/α-hetero) is 1. The Balaban J connectivity index is 0.00000456. The summed E-state index contributed by atoms with van der Waals surface area (Å²) in [5.74, 6) is -1.21. The van der Waals surface area contributed by atoms with Crippen molar-refractivity contribution in [3.63, 3.8) is 0 Å². The fraction of sp³-hybridized carbons (Fsp3) is 0.792. The molecule has 2 N–H and O–H groups in total. The van der Waals surface area contributed by atoms with Crippen molar-refractivity contribution in [2.75, 3.05) is 32.4 Å². The van der Waals surface area contributed by atoms with Crippen molar-refractivity contribution in [1.82, 2.24) is 20.5 Å². The molecule has 1 unspecified atom stereocenters. The minimum absolute atomic E-state index is 0. The van der Waals surface area contributed by atoms with E-state index in [1.807, 2.05) is 32.7 Å². The monoisotopic (exact) mass is 545 g/mol. The summed E-state index contributed by atoms with van der Waals surface area (Å²) in [6, 6.07) is -0.945. The summed E-state index contributed by atoms with van der Waals surface area (Å²) in [7, 11) is 1.87. The van der Waals surface area contributed by atoms with Gasteiger partial charge in [-0.05, 0) is 52.4 Å². The van der Waals surface area contributed by atoms with Gasteiger partial charge in [-0.2, -0.15) is 0 Å². The fourth-order valence-corrected chi connectivity index (χ4v) is 5.64. The minimum Gasteiger partial charge on any atom is -0.444 e. The number of piperidine rings is 1. The molecule has 0 aromatic heterocycles. The van der Waals surface area contributed by atoms with Gasteiger partial charge >= 0.3 is 12.0 Å². The molecule has 0 spiro atoms. The van der Waals surface area contributed by atoms with Crippen LogP contribution in [-0.2, 0) is 19.1 Å². The highest BCUT2D eigenvalue weighted by atomic mass is 35.5. The maximum Gasteiger partial charge on any atom is 0.410 e. The number of nitrogens with zero attached hydrogens (tertiary/aromatic N) is 3. The van der Waals surface area contributed by atoms with E-state index in [2.05, 4.69) is 15.8 Å². The van der Waals surface area contributed by atoms with Crippen LogP contribution in [-0.4, -0.2) is 82.7 Å². The molecule has 0 radical (unpaired) electrons. The molecule has 0 aromatic rings. The van der Waals surface area contributed by atoms with E-state index in [-0.39, 0.29) is 30.2 Å². The number of hydrazone groups is 1. The largest absolute Gasteiger partial charge is 0.444 e. The van der Waals surface area contributed by atoms with Gasteiger partial charge in [0.05, 0.1) is 0 Å². The zero-order valence-corrected chi connectivity index (χ0v) is 23.3. The first kappa shape index (κ1) is 30.2. The molecule has 3 amide bonds. The van der Waals surface area contributed by atoms with Crippen LogP contribution in [0.25, 0.3) is 0 Å². The molecule has 1 aliphatic carbocycles. The number of rotatable bonds is 6. The predicted molar refractivity (Wildman–Crippen MR) is 142 cm³/mol. The van der Waals surface area contributed by atoms with Gasteiger partial charge in [-0.3, -0.25) is 14.4 Å². The third kappa shape index (κ3) is 8.54. The molecule has 3 fully saturated rings. The van der Waals surface area contributed by atoms with Crippen molar-refractivity contribution >= 4 is 53.0 Å². The lowest BCUT2D eigenvalue weighted by atomic mass is 9.84. The van der Waals surface area contributed by atoms with Gasteiger partial charge < -0.3 is 19.9 Å². The second kappa shape index (κ2) is 13.5. The Kier molecular flexibility index (Phi) is 11.3. The van der Waals surface area contributed by atoms with E-state index in [9.17, 15) is 19.2 Å². The Bertz CT molecular complexity index is 835. The van der Waals surface area contributed by atoms with Crippen LogP contribution in [0.5, 0.6) is 0 Å². The number of amidine groups is 1. The normalized spacial score (nSPS) is 21.5. The van der Waals surface area contributed by atoms with E-state index in [0.29, 0.717) is 31.1 Å². The number of nitrogens with one attached hydrogen (secondary N) is 2. The lowest BCUT2D eigenvalue weighted by Crippen LogP contribution is -2.55. The number of hydrogen-bond acceptors (Lipinski definition) is 7. The number of carbonyl (C=O) groups is 4. The minimum atomic E-state index is -0.945. The number of amides is 3. The highest BCUT2D eigenvalue weighted by Gasteiger charge is 2.38. The van der Waals surface area contributed by atoms with Gasteiger partial charge in [0.1, 0.15) is 11.6 Å². The standard InChI is InChI=1S/C24H39N5O5S.ClH/c1-24(2,3)34-23(33)29-12-10-16(11-13-29)18(25-20(31)17-8-6-5-7-9-17)19(30)21(32)26-27-22-28(4)14-15-35-22;/h16-18H,5-15H2,1-4H3,(H,25,31)(H,26,32);1H/b27-22-;. The molecule has 12 heteroatoms. The zero-order valence-electron chi connectivity index (χ0n) is 21.7. The van der Waals surface area contributed by atoms with Crippen LogP contribution >= 0.6 is 24.2 Å². The van der Waals surface area contributed by atoms with Crippen molar-refractivity contribution in [2.24, 2.45) is 16.9 Å². The summed E-state index contributed by atoms with van der Waals surface area (Å²) in [5, 5.41) is 7.65. The molecule has 0 aromatic carbocycles. The molecule has 2 aliphatic heterocycles. The Labute approximate surface area is 224 Å². The Morgan fingerprint density at radius 1 is 1.03 bits per heavy atom. The van der Waals surface area contributed by atoms with E-state index in [1.165, 1.54) is 11.8 Å². The maximum absolute atomic E-state index is 13.2. The first-order valence-corrected chi connectivity index (χ1v) is 13.6.